The first-order chi connectivity index (χ1) is 7.16. The molecule has 78 valence electrons. The predicted octanol–water partition coefficient (Wildman–Crippen LogP) is 4.04. The van der Waals surface area contributed by atoms with E-state index in [1.165, 1.54) is 27.8 Å². The van der Waals surface area contributed by atoms with E-state index in [4.69, 9.17) is 0 Å². The molecule has 1 aromatic rings. The van der Waals surface area contributed by atoms with Crippen molar-refractivity contribution in [1.82, 2.24) is 0 Å². The zero-order valence-electron chi connectivity index (χ0n) is 9.80. The molecule has 0 fully saturated rings. The lowest BCUT2D eigenvalue weighted by Crippen LogP contribution is -1.93. The molecular weight excluding hydrogens is 180 g/mol. The predicted molar refractivity (Wildman–Crippen MR) is 66.2 cm³/mol. The molecule has 0 heterocycles. The minimum Gasteiger partial charge on any atom is -0.0804 e. The molecule has 0 atom stereocenters. The molecule has 2 rings (SSSR count). The first-order valence-corrected chi connectivity index (χ1v) is 5.58. The lowest BCUT2D eigenvalue weighted by Gasteiger charge is -2.09. The summed E-state index contributed by atoms with van der Waals surface area (Å²) in [4.78, 5) is 0. The Morgan fingerprint density at radius 1 is 1.07 bits per heavy atom. The summed E-state index contributed by atoms with van der Waals surface area (Å²) in [5.41, 5.74) is 7.23. The van der Waals surface area contributed by atoms with Crippen molar-refractivity contribution in [3.05, 3.63) is 58.2 Å². The Morgan fingerprint density at radius 3 is 2.27 bits per heavy atom. The van der Waals surface area contributed by atoms with Crippen LogP contribution in [0.25, 0.3) is 0 Å². The fraction of sp³-hybridized carbons (Fsp3) is 0.333. The maximum Gasteiger partial charge on any atom is -0.00607 e. The summed E-state index contributed by atoms with van der Waals surface area (Å²) in [5.74, 6) is 0. The average molecular weight is 198 g/mol. The van der Waals surface area contributed by atoms with Crippen molar-refractivity contribution in [3.8, 4) is 0 Å². The van der Waals surface area contributed by atoms with Gasteiger partial charge in [0.2, 0.25) is 0 Å². The molecule has 0 amide bonds. The van der Waals surface area contributed by atoms with Crippen LogP contribution in [0.15, 0.2) is 35.9 Å². The van der Waals surface area contributed by atoms with Crippen molar-refractivity contribution in [1.29, 1.82) is 0 Å². The van der Waals surface area contributed by atoms with Crippen LogP contribution in [0.1, 0.15) is 28.7 Å². The fourth-order valence-electron chi connectivity index (χ4n) is 2.11. The normalized spacial score (nSPS) is 14.5. The first-order valence-electron chi connectivity index (χ1n) is 5.58. The minimum atomic E-state index is 1.11. The fourth-order valence-corrected chi connectivity index (χ4v) is 2.11. The zero-order valence-corrected chi connectivity index (χ0v) is 9.80. The summed E-state index contributed by atoms with van der Waals surface area (Å²) in [6.45, 7) is 6.60. The Kier molecular flexibility index (Phi) is 2.77. The second kappa shape index (κ2) is 4.06. The van der Waals surface area contributed by atoms with Crippen molar-refractivity contribution in [2.45, 2.75) is 33.6 Å². The quantitative estimate of drug-likeness (QED) is 0.672. The summed E-state index contributed by atoms with van der Waals surface area (Å²) in [5, 5.41) is 0. The smallest absolute Gasteiger partial charge is 0.00607 e. The highest BCUT2D eigenvalue weighted by molar-refractivity contribution is 5.39. The number of allylic oxidation sites excluding steroid dienone is 4. The molecule has 1 aliphatic carbocycles. The summed E-state index contributed by atoms with van der Waals surface area (Å²) in [6.07, 6.45) is 8.86. The van der Waals surface area contributed by atoms with Gasteiger partial charge in [-0.05, 0) is 55.9 Å². The summed E-state index contributed by atoms with van der Waals surface area (Å²) in [7, 11) is 0. The Bertz CT molecular complexity index is 410. The molecular formula is C15H18. The van der Waals surface area contributed by atoms with Crippen molar-refractivity contribution >= 4 is 0 Å². The monoisotopic (exact) mass is 198 g/mol. The van der Waals surface area contributed by atoms with Gasteiger partial charge in [-0.1, -0.05) is 35.9 Å². The molecule has 0 saturated heterocycles. The van der Waals surface area contributed by atoms with Crippen molar-refractivity contribution < 1.29 is 0 Å². The minimum absolute atomic E-state index is 1.11. The van der Waals surface area contributed by atoms with E-state index in [1.54, 1.807) is 0 Å². The third kappa shape index (κ3) is 2.20. The molecule has 0 heteroatoms. The lowest BCUT2D eigenvalue weighted by atomic mass is 9.96. The van der Waals surface area contributed by atoms with Gasteiger partial charge in [0, 0.05) is 0 Å². The molecule has 15 heavy (non-hydrogen) atoms. The first kappa shape index (κ1) is 10.2. The van der Waals surface area contributed by atoms with E-state index < -0.39 is 0 Å². The molecule has 0 bridgehead atoms. The number of hydrogen-bond acceptors (Lipinski definition) is 0. The third-order valence-corrected chi connectivity index (χ3v) is 3.27. The van der Waals surface area contributed by atoms with Crippen LogP contribution in [0.3, 0.4) is 0 Å². The number of aryl methyl sites for hydroxylation is 2. The molecule has 0 N–H and O–H groups in total. The molecule has 0 aliphatic heterocycles. The van der Waals surface area contributed by atoms with Gasteiger partial charge in [0.15, 0.2) is 0 Å². The van der Waals surface area contributed by atoms with Crippen LogP contribution >= 0.6 is 0 Å². The second-order valence-corrected chi connectivity index (χ2v) is 4.49. The Morgan fingerprint density at radius 2 is 1.73 bits per heavy atom. The summed E-state index contributed by atoms with van der Waals surface area (Å²) < 4.78 is 0. The van der Waals surface area contributed by atoms with E-state index in [1.807, 2.05) is 0 Å². The number of hydrogen-bond donors (Lipinski definition) is 0. The molecule has 1 aromatic carbocycles. The Balaban J connectivity index is 2.22. The topological polar surface area (TPSA) is 0 Å². The van der Waals surface area contributed by atoms with Crippen LogP contribution in [-0.4, -0.2) is 0 Å². The highest BCUT2D eigenvalue weighted by Gasteiger charge is 2.04. The highest BCUT2D eigenvalue weighted by Crippen LogP contribution is 2.21. The largest absolute Gasteiger partial charge is 0.0804 e. The van der Waals surface area contributed by atoms with Crippen molar-refractivity contribution in [2.75, 3.05) is 0 Å². The maximum absolute atomic E-state index is 2.32. The summed E-state index contributed by atoms with van der Waals surface area (Å²) >= 11 is 0. The molecule has 0 radical (unpaired) electrons. The second-order valence-electron chi connectivity index (χ2n) is 4.49. The van der Waals surface area contributed by atoms with E-state index in [0.717, 1.165) is 12.8 Å². The van der Waals surface area contributed by atoms with E-state index >= 15 is 0 Å². The lowest BCUT2D eigenvalue weighted by molar-refractivity contribution is 1.07. The van der Waals surface area contributed by atoms with Gasteiger partial charge >= 0.3 is 0 Å². The van der Waals surface area contributed by atoms with Crippen LogP contribution in [0.5, 0.6) is 0 Å². The van der Waals surface area contributed by atoms with Gasteiger partial charge in [-0.2, -0.15) is 0 Å². The van der Waals surface area contributed by atoms with E-state index in [9.17, 15) is 0 Å². The van der Waals surface area contributed by atoms with Gasteiger partial charge in [0.1, 0.15) is 0 Å². The SMILES string of the molecule is Cc1cc(CC2=CC=CC2)cc(C)c1C. The van der Waals surface area contributed by atoms with Crippen molar-refractivity contribution in [3.63, 3.8) is 0 Å². The molecule has 1 aliphatic rings. The molecule has 0 spiro atoms. The van der Waals surface area contributed by atoms with E-state index in [2.05, 4.69) is 51.1 Å². The third-order valence-electron chi connectivity index (χ3n) is 3.27. The number of rotatable bonds is 2. The van der Waals surface area contributed by atoms with Crippen LogP contribution in [0.2, 0.25) is 0 Å². The molecule has 0 nitrogen and oxygen atoms in total. The number of benzene rings is 1. The van der Waals surface area contributed by atoms with Crippen LogP contribution in [0, 0.1) is 20.8 Å². The van der Waals surface area contributed by atoms with Crippen LogP contribution in [0.4, 0.5) is 0 Å². The van der Waals surface area contributed by atoms with Gasteiger partial charge in [-0.3, -0.25) is 0 Å². The van der Waals surface area contributed by atoms with Crippen molar-refractivity contribution in [2.24, 2.45) is 0 Å². The maximum atomic E-state index is 2.32. The summed E-state index contributed by atoms with van der Waals surface area (Å²) in [6, 6.07) is 4.64. The molecule has 0 aromatic heterocycles. The van der Waals surface area contributed by atoms with Gasteiger partial charge in [0.25, 0.3) is 0 Å². The highest BCUT2D eigenvalue weighted by atomic mass is 14.1. The van der Waals surface area contributed by atoms with Gasteiger partial charge in [-0.15, -0.1) is 0 Å². The standard InChI is InChI=1S/C15H18/c1-11-8-15(9-12(2)13(11)3)10-14-6-4-5-7-14/h4-6,8-9H,7,10H2,1-3H3. The van der Waals surface area contributed by atoms with E-state index in [0.29, 0.717) is 0 Å². The molecule has 0 unspecified atom stereocenters. The van der Waals surface area contributed by atoms with E-state index in [-0.39, 0.29) is 0 Å². The van der Waals surface area contributed by atoms with Gasteiger partial charge < -0.3 is 0 Å². The van der Waals surface area contributed by atoms with Gasteiger partial charge in [-0.25, -0.2) is 0 Å². The Hall–Kier alpha value is -1.30. The van der Waals surface area contributed by atoms with Gasteiger partial charge in [0.05, 0.1) is 0 Å². The zero-order chi connectivity index (χ0) is 10.8. The Labute approximate surface area is 92.3 Å². The molecule has 0 saturated carbocycles. The average Bonchev–Trinajstić information content (AvgIpc) is 2.66. The van der Waals surface area contributed by atoms with Crippen LogP contribution < -0.4 is 0 Å². The van der Waals surface area contributed by atoms with Crippen LogP contribution in [-0.2, 0) is 6.42 Å².